The number of anilines is 1. The highest BCUT2D eigenvalue weighted by Gasteiger charge is 2.54. The predicted octanol–water partition coefficient (Wildman–Crippen LogP) is 4.48. The van der Waals surface area contributed by atoms with Crippen LogP contribution in [-0.2, 0) is 21.8 Å². The predicted molar refractivity (Wildman–Crippen MR) is 112 cm³/mol. The van der Waals surface area contributed by atoms with Gasteiger partial charge >= 0.3 is 5.51 Å². The average molecular weight is 454 g/mol. The van der Waals surface area contributed by atoms with Crippen LogP contribution in [0.25, 0.3) is 0 Å². The van der Waals surface area contributed by atoms with Gasteiger partial charge in [-0.25, -0.2) is 8.42 Å². The van der Waals surface area contributed by atoms with Gasteiger partial charge in [0.1, 0.15) is 0 Å². The molecule has 0 bridgehead atoms. The van der Waals surface area contributed by atoms with E-state index in [-0.39, 0.29) is 11.0 Å². The Morgan fingerprint density at radius 1 is 1.06 bits per heavy atom. The van der Waals surface area contributed by atoms with E-state index >= 15 is 0 Å². The third-order valence-electron chi connectivity index (χ3n) is 6.22. The number of halogens is 3. The van der Waals surface area contributed by atoms with Crippen molar-refractivity contribution >= 4 is 15.5 Å². The summed E-state index contributed by atoms with van der Waals surface area (Å²) in [6.07, 6.45) is 5.86. The molecular formula is C22H26F3N3O2S. The van der Waals surface area contributed by atoms with Crippen molar-refractivity contribution in [2.45, 2.75) is 61.5 Å². The van der Waals surface area contributed by atoms with Crippen LogP contribution in [0, 0.1) is 0 Å². The van der Waals surface area contributed by atoms with Crippen molar-refractivity contribution in [2.75, 3.05) is 18.1 Å². The lowest BCUT2D eigenvalue weighted by Crippen LogP contribution is -2.33. The van der Waals surface area contributed by atoms with Gasteiger partial charge in [-0.3, -0.25) is 9.88 Å². The molecule has 0 radical (unpaired) electrons. The minimum absolute atomic E-state index is 0.0282. The minimum Gasteiger partial charge on any atom is -0.357 e. The molecule has 4 rings (SSSR count). The lowest BCUT2D eigenvalue weighted by atomic mass is 9.85. The summed E-state index contributed by atoms with van der Waals surface area (Å²) in [5.41, 5.74) is -2.12. The van der Waals surface area contributed by atoms with Crippen molar-refractivity contribution in [3.63, 3.8) is 0 Å². The minimum atomic E-state index is -5.33. The standard InChI is InChI=1S/C22H26F3N3O2S/c1-20(2,3)19-12-26-11-8-16(19)13-28-15-27(14-21(28)9-10-21)17-4-6-18(7-5-17)31(29,30)22(23,24)25/h4-8,11-12H,9-10,13-15H2,1-3H3. The Hall–Kier alpha value is -2.13. The first-order valence-electron chi connectivity index (χ1n) is 10.2. The third-order valence-corrected chi connectivity index (χ3v) is 7.72. The van der Waals surface area contributed by atoms with Crippen molar-refractivity contribution in [3.8, 4) is 0 Å². The molecule has 2 heterocycles. The first-order valence-corrected chi connectivity index (χ1v) is 11.7. The fourth-order valence-electron chi connectivity index (χ4n) is 4.28. The van der Waals surface area contributed by atoms with Crippen molar-refractivity contribution in [1.29, 1.82) is 0 Å². The Balaban J connectivity index is 1.54. The van der Waals surface area contributed by atoms with Gasteiger partial charge in [-0.2, -0.15) is 13.2 Å². The molecule has 1 spiro atoms. The highest BCUT2D eigenvalue weighted by Crippen LogP contribution is 2.48. The SMILES string of the molecule is CC(C)(C)c1cnccc1CN1CN(c2ccc(S(=O)(=O)C(F)(F)F)cc2)CC12CC2. The van der Waals surface area contributed by atoms with Gasteiger partial charge in [0.25, 0.3) is 9.84 Å². The van der Waals surface area contributed by atoms with Crippen LogP contribution >= 0.6 is 0 Å². The topological polar surface area (TPSA) is 53.5 Å². The molecule has 31 heavy (non-hydrogen) atoms. The van der Waals surface area contributed by atoms with E-state index < -0.39 is 20.2 Å². The summed E-state index contributed by atoms with van der Waals surface area (Å²) in [5, 5.41) is 0. The van der Waals surface area contributed by atoms with Gasteiger partial charge in [0.05, 0.1) is 11.6 Å². The lowest BCUT2D eigenvalue weighted by Gasteiger charge is -2.27. The van der Waals surface area contributed by atoms with Crippen LogP contribution in [0.4, 0.5) is 18.9 Å². The molecule has 1 saturated heterocycles. The second-order valence-corrected chi connectivity index (χ2v) is 11.4. The van der Waals surface area contributed by atoms with Crippen LogP contribution < -0.4 is 4.90 Å². The molecule has 1 aromatic carbocycles. The second-order valence-electron chi connectivity index (χ2n) is 9.49. The first-order chi connectivity index (χ1) is 14.3. The summed E-state index contributed by atoms with van der Waals surface area (Å²) < 4.78 is 61.6. The zero-order valence-electron chi connectivity index (χ0n) is 17.8. The highest BCUT2D eigenvalue weighted by atomic mass is 32.2. The van der Waals surface area contributed by atoms with Crippen molar-refractivity contribution in [2.24, 2.45) is 0 Å². The van der Waals surface area contributed by atoms with E-state index in [1.54, 1.807) is 6.20 Å². The summed E-state index contributed by atoms with van der Waals surface area (Å²) >= 11 is 0. The number of benzene rings is 1. The zero-order valence-corrected chi connectivity index (χ0v) is 18.6. The van der Waals surface area contributed by atoms with Crippen LogP contribution in [0.1, 0.15) is 44.7 Å². The Morgan fingerprint density at radius 3 is 2.26 bits per heavy atom. The van der Waals surface area contributed by atoms with Gasteiger partial charge in [0.2, 0.25) is 0 Å². The fourth-order valence-corrected chi connectivity index (χ4v) is 5.04. The van der Waals surface area contributed by atoms with Crippen molar-refractivity contribution in [3.05, 3.63) is 53.9 Å². The summed E-state index contributed by atoms with van der Waals surface area (Å²) in [6.45, 7) is 8.66. The molecule has 9 heteroatoms. The number of pyridine rings is 1. The monoisotopic (exact) mass is 453 g/mol. The van der Waals surface area contributed by atoms with Crippen LogP contribution in [0.2, 0.25) is 0 Å². The second kappa shape index (κ2) is 7.20. The van der Waals surface area contributed by atoms with E-state index in [1.165, 1.54) is 23.3 Å². The number of nitrogens with zero attached hydrogens (tertiary/aromatic N) is 3. The van der Waals surface area contributed by atoms with Gasteiger partial charge < -0.3 is 4.90 Å². The van der Waals surface area contributed by atoms with E-state index in [0.717, 1.165) is 43.8 Å². The molecule has 1 aliphatic carbocycles. The Bertz CT molecular complexity index is 1070. The number of sulfone groups is 1. The molecule has 0 atom stereocenters. The molecule has 2 aromatic rings. The lowest BCUT2D eigenvalue weighted by molar-refractivity contribution is -0.0436. The molecule has 2 aliphatic rings. The number of hydrogen-bond acceptors (Lipinski definition) is 5. The van der Waals surface area contributed by atoms with Crippen LogP contribution in [0.15, 0.2) is 47.6 Å². The maximum Gasteiger partial charge on any atom is 0.501 e. The summed E-state index contributed by atoms with van der Waals surface area (Å²) in [6, 6.07) is 7.06. The van der Waals surface area contributed by atoms with Crippen LogP contribution in [0.3, 0.4) is 0 Å². The maximum atomic E-state index is 12.8. The molecular weight excluding hydrogens is 427 g/mol. The number of rotatable bonds is 4. The van der Waals surface area contributed by atoms with Crippen molar-refractivity contribution in [1.82, 2.24) is 9.88 Å². The smallest absolute Gasteiger partial charge is 0.357 e. The summed E-state index contributed by atoms with van der Waals surface area (Å²) in [7, 11) is -5.33. The Labute approximate surface area is 180 Å². The van der Waals surface area contributed by atoms with Gasteiger partial charge in [0, 0.05) is 36.7 Å². The molecule has 0 unspecified atom stereocenters. The van der Waals surface area contributed by atoms with Crippen LogP contribution in [0.5, 0.6) is 0 Å². The van der Waals surface area contributed by atoms with Gasteiger partial charge in [0.15, 0.2) is 0 Å². The number of aromatic nitrogens is 1. The van der Waals surface area contributed by atoms with E-state index in [0.29, 0.717) is 6.67 Å². The Kier molecular flexibility index (Phi) is 5.13. The number of alkyl halides is 3. The molecule has 0 N–H and O–H groups in total. The quantitative estimate of drug-likeness (QED) is 0.683. The molecule has 2 fully saturated rings. The summed E-state index contributed by atoms with van der Waals surface area (Å²) in [5.74, 6) is 0. The van der Waals surface area contributed by atoms with Gasteiger partial charge in [-0.15, -0.1) is 0 Å². The third kappa shape index (κ3) is 4.05. The molecule has 5 nitrogen and oxygen atoms in total. The first kappa shape index (κ1) is 22.1. The van der Waals surface area contributed by atoms with Crippen molar-refractivity contribution < 1.29 is 21.6 Å². The van der Waals surface area contributed by atoms with Gasteiger partial charge in [-0.1, -0.05) is 20.8 Å². The van der Waals surface area contributed by atoms with E-state index in [1.807, 2.05) is 6.20 Å². The summed E-state index contributed by atoms with van der Waals surface area (Å²) in [4.78, 5) is 8.08. The largest absolute Gasteiger partial charge is 0.501 e. The maximum absolute atomic E-state index is 12.8. The normalized spacial score (nSPS) is 19.2. The Morgan fingerprint density at radius 2 is 1.71 bits per heavy atom. The molecule has 1 aliphatic heterocycles. The molecule has 1 saturated carbocycles. The van der Waals surface area contributed by atoms with E-state index in [4.69, 9.17) is 0 Å². The molecule has 1 aromatic heterocycles. The highest BCUT2D eigenvalue weighted by molar-refractivity contribution is 7.92. The number of hydrogen-bond donors (Lipinski definition) is 0. The molecule has 168 valence electrons. The average Bonchev–Trinajstić information content (AvgIpc) is 3.37. The van der Waals surface area contributed by atoms with E-state index in [9.17, 15) is 21.6 Å². The van der Waals surface area contributed by atoms with E-state index in [2.05, 4.69) is 41.6 Å². The van der Waals surface area contributed by atoms with Gasteiger partial charge in [-0.05, 0) is 59.7 Å². The molecule has 0 amide bonds. The fraction of sp³-hybridized carbons (Fsp3) is 0.500. The zero-order chi connectivity index (χ0) is 22.7. The van der Waals surface area contributed by atoms with Crippen LogP contribution in [-0.4, -0.2) is 42.6 Å².